The monoisotopic (exact) mass is 329 g/mol. The third-order valence-corrected chi connectivity index (χ3v) is 4.06. The van der Waals surface area contributed by atoms with E-state index in [1.807, 2.05) is 34.1 Å². The van der Waals surface area contributed by atoms with E-state index in [1.54, 1.807) is 4.68 Å². The van der Waals surface area contributed by atoms with Crippen LogP contribution in [0, 0.1) is 13.8 Å². The van der Waals surface area contributed by atoms with Gasteiger partial charge in [-0.3, -0.25) is 4.68 Å². The van der Waals surface area contributed by atoms with Crippen LogP contribution in [0.3, 0.4) is 0 Å². The lowest BCUT2D eigenvalue weighted by atomic mass is 10.0. The first-order valence-electron chi connectivity index (χ1n) is 8.22. The van der Waals surface area contributed by atoms with Gasteiger partial charge in [0.25, 0.3) is 0 Å². The van der Waals surface area contributed by atoms with Crippen molar-refractivity contribution in [1.29, 1.82) is 0 Å². The van der Waals surface area contributed by atoms with Crippen molar-refractivity contribution in [1.82, 2.24) is 20.0 Å². The lowest BCUT2D eigenvalue weighted by Crippen LogP contribution is -2.36. The van der Waals surface area contributed by atoms with E-state index in [1.165, 1.54) is 11.1 Å². The summed E-state index contributed by atoms with van der Waals surface area (Å²) in [6.07, 6.45) is 1.85. The van der Waals surface area contributed by atoms with Gasteiger partial charge in [-0.15, -0.1) is 0 Å². The smallest absolute Gasteiger partial charge is 0.319 e. The minimum atomic E-state index is -0.215. The van der Waals surface area contributed by atoms with Gasteiger partial charge in [0.05, 0.1) is 17.4 Å². The molecule has 0 aliphatic carbocycles. The molecule has 130 valence electrons. The molecule has 1 heterocycles. The van der Waals surface area contributed by atoms with Crippen molar-refractivity contribution in [3.63, 3.8) is 0 Å². The van der Waals surface area contributed by atoms with Crippen LogP contribution < -0.4 is 10.6 Å². The Bertz CT molecular complexity index is 675. The second-order valence-corrected chi connectivity index (χ2v) is 6.21. The van der Waals surface area contributed by atoms with Crippen LogP contribution in [-0.4, -0.2) is 41.4 Å². The maximum absolute atomic E-state index is 12.2. The van der Waals surface area contributed by atoms with Gasteiger partial charge >= 0.3 is 6.03 Å². The quantitative estimate of drug-likeness (QED) is 0.856. The van der Waals surface area contributed by atoms with Crippen LogP contribution in [0.15, 0.2) is 30.5 Å². The number of rotatable bonds is 6. The largest absolute Gasteiger partial charge is 0.336 e. The molecule has 0 bridgehead atoms. The summed E-state index contributed by atoms with van der Waals surface area (Å²) < 4.78 is 1.81. The van der Waals surface area contributed by atoms with E-state index < -0.39 is 0 Å². The Hall–Kier alpha value is -2.34. The molecular weight excluding hydrogens is 302 g/mol. The zero-order valence-corrected chi connectivity index (χ0v) is 15.1. The second kappa shape index (κ2) is 7.97. The first-order chi connectivity index (χ1) is 11.4. The molecule has 0 fully saturated rings. The predicted molar refractivity (Wildman–Crippen MR) is 97.3 cm³/mol. The fraction of sp³-hybridized carbons (Fsp3) is 0.444. The Labute approximate surface area is 143 Å². The molecule has 0 radical (unpaired) electrons. The van der Waals surface area contributed by atoms with Gasteiger partial charge in [-0.2, -0.15) is 5.10 Å². The molecule has 0 aliphatic heterocycles. The van der Waals surface area contributed by atoms with Crippen molar-refractivity contribution in [3.05, 3.63) is 47.3 Å². The first kappa shape index (κ1) is 18.0. The average molecular weight is 329 g/mol. The van der Waals surface area contributed by atoms with E-state index in [2.05, 4.69) is 51.8 Å². The van der Waals surface area contributed by atoms with Gasteiger partial charge in [-0.25, -0.2) is 4.79 Å². The summed E-state index contributed by atoms with van der Waals surface area (Å²) in [5.74, 6) is 0. The topological polar surface area (TPSA) is 62.2 Å². The number of nitrogens with zero attached hydrogens (tertiary/aromatic N) is 3. The van der Waals surface area contributed by atoms with E-state index in [0.717, 1.165) is 17.9 Å². The van der Waals surface area contributed by atoms with Gasteiger partial charge < -0.3 is 15.5 Å². The van der Waals surface area contributed by atoms with Gasteiger partial charge in [0.2, 0.25) is 0 Å². The Morgan fingerprint density at radius 3 is 2.46 bits per heavy atom. The second-order valence-electron chi connectivity index (χ2n) is 6.21. The molecule has 1 aromatic carbocycles. The summed E-state index contributed by atoms with van der Waals surface area (Å²) in [7, 11) is 4.03. The molecule has 2 rings (SSSR count). The summed E-state index contributed by atoms with van der Waals surface area (Å²) in [6.45, 7) is 7.28. The fourth-order valence-corrected chi connectivity index (χ4v) is 2.55. The lowest BCUT2D eigenvalue weighted by Gasteiger charge is -2.25. The van der Waals surface area contributed by atoms with Crippen molar-refractivity contribution >= 4 is 11.7 Å². The van der Waals surface area contributed by atoms with Gasteiger partial charge in [0.15, 0.2) is 0 Å². The third kappa shape index (κ3) is 4.58. The molecule has 24 heavy (non-hydrogen) atoms. The van der Waals surface area contributed by atoms with Gasteiger partial charge in [0.1, 0.15) is 0 Å². The number of urea groups is 1. The Balaban J connectivity index is 1.97. The first-order valence-corrected chi connectivity index (χ1v) is 8.22. The van der Waals surface area contributed by atoms with Crippen LogP contribution >= 0.6 is 0 Å². The third-order valence-electron chi connectivity index (χ3n) is 4.06. The highest BCUT2D eigenvalue weighted by atomic mass is 16.2. The molecule has 0 aliphatic rings. The highest BCUT2D eigenvalue weighted by Gasteiger charge is 2.16. The lowest BCUT2D eigenvalue weighted by molar-refractivity contribution is 0.243. The number of anilines is 1. The van der Waals surface area contributed by atoms with Crippen molar-refractivity contribution < 1.29 is 4.79 Å². The molecular formula is C18H27N5O. The van der Waals surface area contributed by atoms with E-state index in [4.69, 9.17) is 0 Å². The van der Waals surface area contributed by atoms with E-state index in [0.29, 0.717) is 6.54 Å². The number of amides is 2. The molecule has 0 saturated heterocycles. The number of likely N-dealkylation sites (N-methyl/N-ethyl adjacent to an activating group) is 1. The zero-order valence-electron chi connectivity index (χ0n) is 15.1. The van der Waals surface area contributed by atoms with Crippen molar-refractivity contribution in [3.8, 4) is 0 Å². The summed E-state index contributed by atoms with van der Waals surface area (Å²) >= 11 is 0. The molecule has 2 aromatic rings. The molecule has 6 heteroatoms. The Kier molecular flexibility index (Phi) is 5.98. The normalized spacial score (nSPS) is 12.2. The minimum Gasteiger partial charge on any atom is -0.336 e. The fourth-order valence-electron chi connectivity index (χ4n) is 2.55. The molecule has 2 amide bonds. The van der Waals surface area contributed by atoms with Crippen LogP contribution in [0.1, 0.15) is 29.8 Å². The van der Waals surface area contributed by atoms with Crippen LogP contribution in [0.4, 0.5) is 10.5 Å². The standard InChI is InChI=1S/C18H27N5O/c1-6-23-12-16(14(3)21-23)20-18(24)19-11-17(22(4)5)15-9-7-13(2)8-10-15/h7-10,12,17H,6,11H2,1-5H3,(H2,19,20,24)/t17-/m1/s1. The zero-order chi connectivity index (χ0) is 17.7. The van der Waals surface area contributed by atoms with Gasteiger partial charge in [0, 0.05) is 19.3 Å². The average Bonchev–Trinajstić information content (AvgIpc) is 2.89. The number of aryl methyl sites for hydroxylation is 3. The number of benzene rings is 1. The predicted octanol–water partition coefficient (Wildman–Crippen LogP) is 2.94. The van der Waals surface area contributed by atoms with Gasteiger partial charge in [-0.1, -0.05) is 29.8 Å². The van der Waals surface area contributed by atoms with Gasteiger partial charge in [-0.05, 0) is 40.4 Å². The summed E-state index contributed by atoms with van der Waals surface area (Å²) in [6, 6.07) is 8.30. The highest BCUT2D eigenvalue weighted by Crippen LogP contribution is 2.18. The Morgan fingerprint density at radius 2 is 1.92 bits per heavy atom. The SMILES string of the molecule is CCn1cc(NC(=O)NC[C@H](c2ccc(C)cc2)N(C)C)c(C)n1. The number of hydrogen-bond donors (Lipinski definition) is 2. The van der Waals surface area contributed by atoms with E-state index in [-0.39, 0.29) is 12.1 Å². The van der Waals surface area contributed by atoms with Crippen molar-refractivity contribution in [2.24, 2.45) is 0 Å². The van der Waals surface area contributed by atoms with Crippen molar-refractivity contribution in [2.75, 3.05) is 26.0 Å². The molecule has 0 unspecified atom stereocenters. The van der Waals surface area contributed by atoms with Crippen LogP contribution in [-0.2, 0) is 6.54 Å². The molecule has 0 spiro atoms. The summed E-state index contributed by atoms with van der Waals surface area (Å²) in [4.78, 5) is 14.3. The van der Waals surface area contributed by atoms with Crippen LogP contribution in [0.5, 0.6) is 0 Å². The highest BCUT2D eigenvalue weighted by molar-refractivity contribution is 5.89. The molecule has 2 N–H and O–H groups in total. The van der Waals surface area contributed by atoms with Crippen LogP contribution in [0.2, 0.25) is 0 Å². The number of hydrogen-bond acceptors (Lipinski definition) is 3. The van der Waals surface area contributed by atoms with Crippen molar-refractivity contribution in [2.45, 2.75) is 33.4 Å². The Morgan fingerprint density at radius 1 is 1.25 bits per heavy atom. The maximum atomic E-state index is 12.2. The number of carbonyl (C=O) groups excluding carboxylic acids is 1. The molecule has 0 saturated carbocycles. The number of nitrogens with one attached hydrogen (secondary N) is 2. The molecule has 6 nitrogen and oxygen atoms in total. The summed E-state index contributed by atoms with van der Waals surface area (Å²) in [5.41, 5.74) is 3.96. The number of aromatic nitrogens is 2. The molecule has 1 aromatic heterocycles. The van der Waals surface area contributed by atoms with Crippen LogP contribution in [0.25, 0.3) is 0 Å². The van der Waals surface area contributed by atoms with E-state index in [9.17, 15) is 4.79 Å². The molecule has 1 atom stereocenters. The van der Waals surface area contributed by atoms with E-state index >= 15 is 0 Å². The maximum Gasteiger partial charge on any atom is 0.319 e. The summed E-state index contributed by atoms with van der Waals surface area (Å²) in [5, 5.41) is 10.1. The minimum absolute atomic E-state index is 0.121. The number of carbonyl (C=O) groups is 1.